The highest BCUT2D eigenvalue weighted by Gasteiger charge is 2.35. The Morgan fingerprint density at radius 3 is 2.67 bits per heavy atom. The molecule has 2 saturated heterocycles. The highest BCUT2D eigenvalue weighted by Crippen LogP contribution is 2.43. The number of halogens is 2. The number of nitrogens with one attached hydrogen (secondary N) is 1. The Labute approximate surface area is 254 Å². The lowest BCUT2D eigenvalue weighted by molar-refractivity contribution is -0.128. The fourth-order valence-electron chi connectivity index (χ4n) is 6.15. The number of H-pyrrole nitrogens is 1. The van der Waals surface area contributed by atoms with Crippen molar-refractivity contribution in [1.82, 2.24) is 30.0 Å². The van der Waals surface area contributed by atoms with Gasteiger partial charge < -0.3 is 19.6 Å². The van der Waals surface area contributed by atoms with Crippen molar-refractivity contribution in [3.63, 3.8) is 0 Å². The van der Waals surface area contributed by atoms with Crippen LogP contribution in [0, 0.1) is 31.0 Å². The van der Waals surface area contributed by atoms with Crippen LogP contribution in [0.4, 0.5) is 16.2 Å². The molecule has 0 bridgehead atoms. The molecule has 1 N–H and O–H groups in total. The molecule has 222 valence electrons. The van der Waals surface area contributed by atoms with Crippen LogP contribution in [-0.4, -0.2) is 94.8 Å². The van der Waals surface area contributed by atoms with Crippen LogP contribution >= 0.6 is 11.6 Å². The Balaban J connectivity index is 1.53. The second-order valence-corrected chi connectivity index (χ2v) is 11.9. The van der Waals surface area contributed by atoms with Gasteiger partial charge in [-0.1, -0.05) is 24.2 Å². The van der Waals surface area contributed by atoms with Gasteiger partial charge in [0.05, 0.1) is 29.1 Å². The largest absolute Gasteiger partial charge is 0.352 e. The van der Waals surface area contributed by atoms with Gasteiger partial charge in [-0.05, 0) is 51.7 Å². The van der Waals surface area contributed by atoms with E-state index in [0.717, 1.165) is 22.2 Å². The van der Waals surface area contributed by atoms with Crippen molar-refractivity contribution in [2.45, 2.75) is 32.4 Å². The highest BCUT2D eigenvalue weighted by atomic mass is 35.5. The standard InChI is InChI=1S/C31H33ClFN9O/c1-6-24(43)42-12-11-40(14-19(42)9-10-34)30-21-13-22(32)27(25-17(2)7-8-23-26(25)18(3)37-38-23)28(33)29(21)35-31(36-30)41-15-20(16-41)39(4)5/h6-8,13,19-20H,1,9,11-12,14-16H2,2-5H3,(H,37,38). The minimum Gasteiger partial charge on any atom is -0.352 e. The maximum absolute atomic E-state index is 16.9. The lowest BCUT2D eigenvalue weighted by atomic mass is 9.94. The summed E-state index contributed by atoms with van der Waals surface area (Å²) in [6, 6.07) is 7.72. The number of aryl methyl sites for hydroxylation is 2. The zero-order chi connectivity index (χ0) is 30.6. The molecule has 4 heterocycles. The number of rotatable bonds is 6. The van der Waals surface area contributed by atoms with Gasteiger partial charge in [-0.2, -0.15) is 15.3 Å². The van der Waals surface area contributed by atoms with Crippen molar-refractivity contribution in [3.05, 3.63) is 53.0 Å². The summed E-state index contributed by atoms with van der Waals surface area (Å²) >= 11 is 6.93. The maximum Gasteiger partial charge on any atom is 0.246 e. The van der Waals surface area contributed by atoms with E-state index in [0.29, 0.717) is 61.5 Å². The van der Waals surface area contributed by atoms with Crippen LogP contribution in [0.1, 0.15) is 17.7 Å². The summed E-state index contributed by atoms with van der Waals surface area (Å²) in [6.07, 6.45) is 1.42. The number of hydrogen-bond donors (Lipinski definition) is 1. The van der Waals surface area contributed by atoms with Crippen LogP contribution in [0.15, 0.2) is 30.9 Å². The first kappa shape index (κ1) is 28.8. The van der Waals surface area contributed by atoms with Crippen LogP contribution < -0.4 is 9.80 Å². The van der Waals surface area contributed by atoms with Gasteiger partial charge in [-0.25, -0.2) is 9.37 Å². The van der Waals surface area contributed by atoms with Gasteiger partial charge in [0.15, 0.2) is 5.82 Å². The van der Waals surface area contributed by atoms with E-state index in [4.69, 9.17) is 21.6 Å². The summed E-state index contributed by atoms with van der Waals surface area (Å²) in [5.74, 6) is 0.218. The van der Waals surface area contributed by atoms with E-state index in [1.54, 1.807) is 11.0 Å². The van der Waals surface area contributed by atoms with Gasteiger partial charge in [0.1, 0.15) is 11.3 Å². The summed E-state index contributed by atoms with van der Waals surface area (Å²) in [5, 5.41) is 18.4. The third kappa shape index (κ3) is 4.84. The Bertz CT molecular complexity index is 1810. The van der Waals surface area contributed by atoms with Crippen molar-refractivity contribution in [1.29, 1.82) is 5.26 Å². The molecule has 2 aliphatic heterocycles. The van der Waals surface area contributed by atoms with Crippen molar-refractivity contribution in [2.24, 2.45) is 0 Å². The number of likely N-dealkylation sites (N-methyl/N-ethyl adjacent to an activating group) is 1. The first-order valence-electron chi connectivity index (χ1n) is 14.2. The van der Waals surface area contributed by atoms with Gasteiger partial charge in [0, 0.05) is 66.4 Å². The van der Waals surface area contributed by atoms with E-state index in [9.17, 15) is 10.1 Å². The number of carbonyl (C=O) groups is 1. The van der Waals surface area contributed by atoms with Crippen molar-refractivity contribution < 1.29 is 9.18 Å². The van der Waals surface area contributed by atoms with Crippen LogP contribution in [0.25, 0.3) is 32.9 Å². The topological polar surface area (TPSA) is 108 Å². The number of piperazine rings is 1. The first-order chi connectivity index (χ1) is 20.6. The number of hydrogen-bond acceptors (Lipinski definition) is 8. The summed E-state index contributed by atoms with van der Waals surface area (Å²) < 4.78 is 16.9. The fraction of sp³-hybridized carbons (Fsp3) is 0.387. The van der Waals surface area contributed by atoms with Gasteiger partial charge in [-0.15, -0.1) is 0 Å². The molecule has 2 aromatic heterocycles. The quantitative estimate of drug-likeness (QED) is 0.323. The molecule has 1 unspecified atom stereocenters. The summed E-state index contributed by atoms with van der Waals surface area (Å²) in [5.41, 5.74) is 3.54. The number of fused-ring (bicyclic) bond motifs is 2. The Hall–Kier alpha value is -4.27. The molecule has 6 rings (SSSR count). The highest BCUT2D eigenvalue weighted by molar-refractivity contribution is 6.35. The second kappa shape index (κ2) is 11.1. The first-order valence-corrected chi connectivity index (χ1v) is 14.6. The zero-order valence-corrected chi connectivity index (χ0v) is 25.4. The number of aromatic nitrogens is 4. The summed E-state index contributed by atoms with van der Waals surface area (Å²) in [7, 11) is 4.06. The minimum atomic E-state index is -0.526. The van der Waals surface area contributed by atoms with Crippen molar-refractivity contribution in [3.8, 4) is 17.2 Å². The lowest BCUT2D eigenvalue weighted by Gasteiger charge is -2.44. The minimum absolute atomic E-state index is 0.148. The molecule has 0 spiro atoms. The zero-order valence-electron chi connectivity index (χ0n) is 24.7. The molecule has 1 amide bonds. The number of nitrogens with zero attached hydrogens (tertiary/aromatic N) is 8. The normalized spacial score (nSPS) is 17.5. The van der Waals surface area contributed by atoms with E-state index in [2.05, 4.69) is 27.7 Å². The summed E-state index contributed by atoms with van der Waals surface area (Å²) in [6.45, 7) is 10.1. The van der Waals surface area contributed by atoms with Crippen LogP contribution in [0.2, 0.25) is 5.02 Å². The third-order valence-electron chi connectivity index (χ3n) is 8.65. The molecule has 0 radical (unpaired) electrons. The molecule has 1 atom stereocenters. The number of carbonyl (C=O) groups excluding carboxylic acids is 1. The fourth-order valence-corrected chi connectivity index (χ4v) is 6.44. The van der Waals surface area contributed by atoms with E-state index >= 15 is 4.39 Å². The molecule has 43 heavy (non-hydrogen) atoms. The molecular formula is C31H33ClFN9O. The van der Waals surface area contributed by atoms with Crippen molar-refractivity contribution in [2.75, 3.05) is 56.6 Å². The number of amides is 1. The Morgan fingerprint density at radius 2 is 1.98 bits per heavy atom. The molecule has 2 aromatic carbocycles. The average Bonchev–Trinajstić information content (AvgIpc) is 3.33. The molecule has 4 aromatic rings. The van der Waals surface area contributed by atoms with Gasteiger partial charge in [0.2, 0.25) is 11.9 Å². The van der Waals surface area contributed by atoms with E-state index in [-0.39, 0.29) is 34.5 Å². The number of benzene rings is 2. The smallest absolute Gasteiger partial charge is 0.246 e. The predicted octanol–water partition coefficient (Wildman–Crippen LogP) is 4.45. The van der Waals surface area contributed by atoms with Gasteiger partial charge in [0.25, 0.3) is 0 Å². The SMILES string of the molecule is C=CC(=O)N1CCN(c2nc(N3CC(N(C)C)C3)nc3c(F)c(-c4c(C)ccc5n[nH]c(C)c45)c(Cl)cc23)CC1CC#N. The number of anilines is 2. The van der Waals surface area contributed by atoms with Crippen LogP contribution in [0.5, 0.6) is 0 Å². The predicted molar refractivity (Wildman–Crippen MR) is 167 cm³/mol. The molecule has 0 saturated carbocycles. The number of nitriles is 1. The molecule has 0 aliphatic carbocycles. The Kier molecular flexibility index (Phi) is 7.44. The Morgan fingerprint density at radius 1 is 1.21 bits per heavy atom. The lowest BCUT2D eigenvalue weighted by Crippen LogP contribution is -2.58. The third-order valence-corrected chi connectivity index (χ3v) is 8.95. The molecule has 2 fully saturated rings. The van der Waals surface area contributed by atoms with Gasteiger partial charge in [-0.3, -0.25) is 9.89 Å². The molecule has 2 aliphatic rings. The molecule has 12 heteroatoms. The van der Waals surface area contributed by atoms with Crippen molar-refractivity contribution >= 4 is 51.1 Å². The summed E-state index contributed by atoms with van der Waals surface area (Å²) in [4.78, 5) is 30.1. The van der Waals surface area contributed by atoms with E-state index in [1.807, 2.05) is 49.9 Å². The molecule has 10 nitrogen and oxygen atoms in total. The average molecular weight is 602 g/mol. The van der Waals surface area contributed by atoms with Crippen LogP contribution in [-0.2, 0) is 4.79 Å². The molecular weight excluding hydrogens is 569 g/mol. The monoisotopic (exact) mass is 601 g/mol. The van der Waals surface area contributed by atoms with E-state index in [1.165, 1.54) is 6.08 Å². The number of aromatic amines is 1. The van der Waals surface area contributed by atoms with Gasteiger partial charge >= 0.3 is 0 Å². The van der Waals surface area contributed by atoms with Crippen LogP contribution in [0.3, 0.4) is 0 Å². The van der Waals surface area contributed by atoms with E-state index < -0.39 is 5.82 Å². The maximum atomic E-state index is 16.9. The second-order valence-electron chi connectivity index (χ2n) is 11.5.